The van der Waals surface area contributed by atoms with Crippen LogP contribution in [0.25, 0.3) is 0 Å². The second-order valence-electron chi connectivity index (χ2n) is 2.65. The molecule has 0 radical (unpaired) electrons. The number of morpholine rings is 1. The van der Waals surface area contributed by atoms with Crippen LogP contribution in [-0.4, -0.2) is 48.5 Å². The highest BCUT2D eigenvalue weighted by Crippen LogP contribution is 1.86. The summed E-state index contributed by atoms with van der Waals surface area (Å²) in [5, 5.41) is 19.0. The Labute approximate surface area is 81.9 Å². The lowest BCUT2D eigenvalue weighted by Gasteiger charge is -2.10. The van der Waals surface area contributed by atoms with Crippen molar-refractivity contribution in [2.75, 3.05) is 26.3 Å². The Kier molecular flexibility index (Phi) is 7.77. The minimum absolute atomic E-state index is 0.296. The average Bonchev–Trinajstić information content (AvgIpc) is 2.18. The third kappa shape index (κ3) is 10.9. The van der Waals surface area contributed by atoms with Gasteiger partial charge in [0.15, 0.2) is 0 Å². The fraction of sp³-hybridized carbons (Fsp3) is 0.750. The zero-order valence-corrected chi connectivity index (χ0v) is 7.86. The second kappa shape index (κ2) is 8.46. The van der Waals surface area contributed by atoms with Crippen molar-refractivity contribution in [3.63, 3.8) is 0 Å². The molecule has 1 heterocycles. The van der Waals surface area contributed by atoms with Crippen LogP contribution in [0.15, 0.2) is 0 Å². The molecule has 0 saturated carbocycles. The molecular weight excluding hydrogens is 190 g/mol. The molecule has 3 N–H and O–H groups in total. The van der Waals surface area contributed by atoms with E-state index in [1.807, 2.05) is 0 Å². The van der Waals surface area contributed by atoms with Gasteiger partial charge < -0.3 is 20.3 Å². The van der Waals surface area contributed by atoms with E-state index >= 15 is 0 Å². The van der Waals surface area contributed by atoms with Gasteiger partial charge in [0.05, 0.1) is 26.1 Å². The molecule has 0 aromatic heterocycles. The van der Waals surface area contributed by atoms with Crippen LogP contribution in [0.4, 0.5) is 0 Å². The van der Waals surface area contributed by atoms with Crippen LogP contribution in [-0.2, 0) is 14.3 Å². The first-order valence-electron chi connectivity index (χ1n) is 4.35. The fourth-order valence-electron chi connectivity index (χ4n) is 0.730. The molecule has 0 unspecified atom stereocenters. The zero-order chi connectivity index (χ0) is 10.8. The number of aliphatic carboxylic acids is 2. The molecule has 0 aliphatic carbocycles. The van der Waals surface area contributed by atoms with E-state index in [2.05, 4.69) is 5.32 Å². The van der Waals surface area contributed by atoms with Crippen LogP contribution in [0.2, 0.25) is 0 Å². The summed E-state index contributed by atoms with van der Waals surface area (Å²) in [7, 11) is 0. The minimum atomic E-state index is -1.08. The Hall–Kier alpha value is -1.14. The summed E-state index contributed by atoms with van der Waals surface area (Å²) in [6.45, 7) is 3.83. The van der Waals surface area contributed by atoms with Crippen molar-refractivity contribution < 1.29 is 24.5 Å². The van der Waals surface area contributed by atoms with Gasteiger partial charge in [-0.2, -0.15) is 0 Å². The van der Waals surface area contributed by atoms with Crippen molar-refractivity contribution in [3.05, 3.63) is 0 Å². The quantitative estimate of drug-likeness (QED) is 0.577. The number of hydrogen-bond acceptors (Lipinski definition) is 4. The van der Waals surface area contributed by atoms with Crippen LogP contribution in [0.1, 0.15) is 12.8 Å². The minimum Gasteiger partial charge on any atom is -0.481 e. The summed E-state index contributed by atoms with van der Waals surface area (Å²) in [5.41, 5.74) is 0. The van der Waals surface area contributed by atoms with E-state index in [0.717, 1.165) is 26.3 Å². The molecule has 6 heteroatoms. The van der Waals surface area contributed by atoms with E-state index in [1.54, 1.807) is 0 Å². The lowest BCUT2D eigenvalue weighted by molar-refractivity contribution is -0.143. The van der Waals surface area contributed by atoms with Crippen LogP contribution in [0.5, 0.6) is 0 Å². The number of hydrogen-bond donors (Lipinski definition) is 3. The van der Waals surface area contributed by atoms with Gasteiger partial charge in [-0.3, -0.25) is 9.59 Å². The monoisotopic (exact) mass is 205 g/mol. The molecule has 1 fully saturated rings. The number of carboxylic acid groups (broad SMARTS) is 2. The van der Waals surface area contributed by atoms with Crippen LogP contribution in [0, 0.1) is 0 Å². The van der Waals surface area contributed by atoms with Crippen LogP contribution < -0.4 is 5.32 Å². The lowest BCUT2D eigenvalue weighted by atomic mass is 10.3. The summed E-state index contributed by atoms with van der Waals surface area (Å²) in [5.74, 6) is -2.15. The van der Waals surface area contributed by atoms with Crippen molar-refractivity contribution in [2.24, 2.45) is 0 Å². The van der Waals surface area contributed by atoms with Gasteiger partial charge in [0.1, 0.15) is 0 Å². The zero-order valence-electron chi connectivity index (χ0n) is 7.86. The first-order chi connectivity index (χ1) is 6.63. The first-order valence-corrected chi connectivity index (χ1v) is 4.35. The molecule has 6 nitrogen and oxygen atoms in total. The van der Waals surface area contributed by atoms with Gasteiger partial charge in [-0.05, 0) is 0 Å². The summed E-state index contributed by atoms with van der Waals surface area (Å²) in [6.07, 6.45) is -0.593. The number of carboxylic acids is 2. The number of ether oxygens (including phenoxy) is 1. The molecule has 1 aliphatic heterocycles. The molecule has 0 aromatic rings. The standard InChI is InChI=1S/C4H9NO.C4H6O4/c1-3-6-4-2-5-1;5-3(6)1-2-4(7)8/h5H,1-4H2;1-2H2,(H,5,6)(H,7,8). The van der Waals surface area contributed by atoms with E-state index in [0.29, 0.717) is 0 Å². The maximum Gasteiger partial charge on any atom is 0.303 e. The van der Waals surface area contributed by atoms with Crippen molar-refractivity contribution in [1.82, 2.24) is 5.32 Å². The molecule has 1 saturated heterocycles. The van der Waals surface area contributed by atoms with Crippen LogP contribution >= 0.6 is 0 Å². The van der Waals surface area contributed by atoms with E-state index in [-0.39, 0.29) is 12.8 Å². The molecule has 1 aliphatic rings. The van der Waals surface area contributed by atoms with Gasteiger partial charge in [0, 0.05) is 13.1 Å². The topological polar surface area (TPSA) is 95.9 Å². The molecule has 14 heavy (non-hydrogen) atoms. The van der Waals surface area contributed by atoms with Crippen LogP contribution in [0.3, 0.4) is 0 Å². The molecular formula is C8H15NO5. The normalized spacial score (nSPS) is 15.1. The molecule has 0 atom stereocenters. The third-order valence-electron chi connectivity index (χ3n) is 1.40. The average molecular weight is 205 g/mol. The fourth-order valence-corrected chi connectivity index (χ4v) is 0.730. The Morgan fingerprint density at radius 1 is 1.07 bits per heavy atom. The Morgan fingerprint density at radius 3 is 1.64 bits per heavy atom. The highest BCUT2D eigenvalue weighted by molar-refractivity contribution is 5.75. The predicted molar refractivity (Wildman–Crippen MR) is 48.2 cm³/mol. The summed E-state index contributed by atoms with van der Waals surface area (Å²) in [4.78, 5) is 19.3. The first kappa shape index (κ1) is 12.9. The van der Waals surface area contributed by atoms with Crippen molar-refractivity contribution in [1.29, 1.82) is 0 Å². The highest BCUT2D eigenvalue weighted by Gasteiger charge is 2.00. The second-order valence-corrected chi connectivity index (χ2v) is 2.65. The largest absolute Gasteiger partial charge is 0.481 e. The Bertz CT molecular complexity index is 153. The van der Waals surface area contributed by atoms with Crippen molar-refractivity contribution in [3.8, 4) is 0 Å². The smallest absolute Gasteiger partial charge is 0.303 e. The number of carbonyl (C=O) groups is 2. The molecule has 82 valence electrons. The van der Waals surface area contributed by atoms with Gasteiger partial charge in [-0.25, -0.2) is 0 Å². The van der Waals surface area contributed by atoms with E-state index in [9.17, 15) is 9.59 Å². The third-order valence-corrected chi connectivity index (χ3v) is 1.40. The van der Waals surface area contributed by atoms with Gasteiger partial charge in [-0.1, -0.05) is 0 Å². The van der Waals surface area contributed by atoms with E-state index < -0.39 is 11.9 Å². The predicted octanol–water partition coefficient (Wildman–Crippen LogP) is -0.458. The van der Waals surface area contributed by atoms with E-state index in [1.165, 1.54) is 0 Å². The van der Waals surface area contributed by atoms with Crippen molar-refractivity contribution in [2.45, 2.75) is 12.8 Å². The summed E-state index contributed by atoms with van der Waals surface area (Å²) < 4.78 is 5.01. The highest BCUT2D eigenvalue weighted by atomic mass is 16.5. The summed E-state index contributed by atoms with van der Waals surface area (Å²) >= 11 is 0. The van der Waals surface area contributed by atoms with Gasteiger partial charge in [0.2, 0.25) is 0 Å². The SMILES string of the molecule is C1COCCN1.O=C(O)CCC(=O)O. The number of rotatable bonds is 3. The Balaban J connectivity index is 0.000000249. The molecule has 0 amide bonds. The van der Waals surface area contributed by atoms with Crippen molar-refractivity contribution >= 4 is 11.9 Å². The van der Waals surface area contributed by atoms with Gasteiger partial charge >= 0.3 is 11.9 Å². The van der Waals surface area contributed by atoms with E-state index in [4.69, 9.17) is 14.9 Å². The number of nitrogens with one attached hydrogen (secondary N) is 1. The molecule has 0 bridgehead atoms. The molecule has 0 spiro atoms. The summed E-state index contributed by atoms with van der Waals surface area (Å²) in [6, 6.07) is 0. The van der Waals surface area contributed by atoms with Gasteiger partial charge in [0.25, 0.3) is 0 Å². The lowest BCUT2D eigenvalue weighted by Crippen LogP contribution is -2.30. The Morgan fingerprint density at radius 2 is 1.50 bits per heavy atom. The molecule has 1 rings (SSSR count). The van der Waals surface area contributed by atoms with Gasteiger partial charge in [-0.15, -0.1) is 0 Å². The molecule has 0 aromatic carbocycles. The maximum absolute atomic E-state index is 9.64. The maximum atomic E-state index is 9.64.